The molecule has 0 fully saturated rings. The number of rotatable bonds is 4. The van der Waals surface area contributed by atoms with Crippen molar-refractivity contribution in [2.45, 2.75) is 25.2 Å². The molecule has 2 aliphatic rings. The summed E-state index contributed by atoms with van der Waals surface area (Å²) < 4.78 is 11.7. The van der Waals surface area contributed by atoms with E-state index in [1.54, 1.807) is 13.2 Å². The van der Waals surface area contributed by atoms with Crippen molar-refractivity contribution in [2.24, 2.45) is 0 Å². The lowest BCUT2D eigenvalue weighted by molar-refractivity contribution is -0.115. The predicted molar refractivity (Wildman–Crippen MR) is 122 cm³/mol. The van der Waals surface area contributed by atoms with Crippen LogP contribution in [-0.4, -0.2) is 12.9 Å². The molecular formula is C27H22N2O3. The first-order valence-corrected chi connectivity index (χ1v) is 10.7. The minimum Gasteiger partial charge on any atom is -0.497 e. The van der Waals surface area contributed by atoms with Gasteiger partial charge in [-0.1, -0.05) is 48.5 Å². The fourth-order valence-electron chi connectivity index (χ4n) is 4.43. The number of ether oxygens (including phenoxy) is 2. The second-order valence-electron chi connectivity index (χ2n) is 7.98. The summed E-state index contributed by atoms with van der Waals surface area (Å²) in [7, 11) is 1.63. The van der Waals surface area contributed by atoms with E-state index in [0.717, 1.165) is 51.9 Å². The average molecular weight is 422 g/mol. The van der Waals surface area contributed by atoms with Crippen molar-refractivity contribution in [3.8, 4) is 17.6 Å². The van der Waals surface area contributed by atoms with Gasteiger partial charge < -0.3 is 14.8 Å². The van der Waals surface area contributed by atoms with Crippen LogP contribution in [0.5, 0.6) is 11.5 Å². The number of hydrogen-bond donors (Lipinski definition) is 1. The zero-order valence-electron chi connectivity index (χ0n) is 17.7. The summed E-state index contributed by atoms with van der Waals surface area (Å²) >= 11 is 0. The van der Waals surface area contributed by atoms with Crippen molar-refractivity contribution in [2.75, 3.05) is 7.11 Å². The number of benzene rings is 3. The quantitative estimate of drug-likeness (QED) is 0.615. The summed E-state index contributed by atoms with van der Waals surface area (Å²) in [5.74, 6) is 1.66. The normalized spacial score (nSPS) is 17.8. The highest BCUT2D eigenvalue weighted by molar-refractivity contribution is 5.92. The van der Waals surface area contributed by atoms with Crippen LogP contribution in [0.2, 0.25) is 0 Å². The van der Waals surface area contributed by atoms with Crippen molar-refractivity contribution in [3.63, 3.8) is 0 Å². The van der Waals surface area contributed by atoms with Gasteiger partial charge in [0.15, 0.2) is 5.78 Å². The molecule has 1 aliphatic carbocycles. The molecular weight excluding hydrogens is 400 g/mol. The van der Waals surface area contributed by atoms with Gasteiger partial charge in [-0.3, -0.25) is 4.79 Å². The largest absolute Gasteiger partial charge is 0.497 e. The molecule has 5 heteroatoms. The molecule has 3 aromatic carbocycles. The molecule has 3 aromatic rings. The van der Waals surface area contributed by atoms with Crippen LogP contribution in [0.4, 0.5) is 0 Å². The van der Waals surface area contributed by atoms with E-state index in [1.165, 1.54) is 0 Å². The Labute approximate surface area is 186 Å². The summed E-state index contributed by atoms with van der Waals surface area (Å²) in [5.41, 5.74) is 3.16. The van der Waals surface area contributed by atoms with Crippen LogP contribution in [0.3, 0.4) is 0 Å². The van der Waals surface area contributed by atoms with Crippen LogP contribution in [0, 0.1) is 11.3 Å². The molecule has 0 amide bonds. The Kier molecular flexibility index (Phi) is 5.12. The lowest BCUT2D eigenvalue weighted by Gasteiger charge is -2.30. The average Bonchev–Trinajstić information content (AvgIpc) is 2.83. The van der Waals surface area contributed by atoms with Gasteiger partial charge in [-0.05, 0) is 35.9 Å². The molecule has 1 N–H and O–H groups in total. The second-order valence-corrected chi connectivity index (χ2v) is 7.98. The van der Waals surface area contributed by atoms with Gasteiger partial charge in [0.1, 0.15) is 23.1 Å². The lowest BCUT2D eigenvalue weighted by atomic mass is 9.82. The number of fused-ring (bicyclic) bond motifs is 3. The van der Waals surface area contributed by atoms with Gasteiger partial charge in [0.2, 0.25) is 5.88 Å². The van der Waals surface area contributed by atoms with Crippen molar-refractivity contribution >= 4 is 16.6 Å². The van der Waals surface area contributed by atoms with Crippen molar-refractivity contribution in [1.29, 1.82) is 5.26 Å². The number of hydrogen-bond acceptors (Lipinski definition) is 5. The minimum absolute atomic E-state index is 0.0891. The van der Waals surface area contributed by atoms with Crippen LogP contribution in [-0.2, 0) is 4.79 Å². The Bertz CT molecular complexity index is 1310. The fourth-order valence-corrected chi connectivity index (χ4v) is 4.43. The third-order valence-electron chi connectivity index (χ3n) is 6.01. The first-order chi connectivity index (χ1) is 15.7. The highest BCUT2D eigenvalue weighted by Crippen LogP contribution is 2.46. The monoisotopic (exact) mass is 422 g/mol. The molecule has 1 atom stereocenters. The van der Waals surface area contributed by atoms with Crippen molar-refractivity contribution in [1.82, 2.24) is 5.32 Å². The molecule has 0 bridgehead atoms. The molecule has 0 aromatic heterocycles. The predicted octanol–water partition coefficient (Wildman–Crippen LogP) is 5.33. The Morgan fingerprint density at radius 1 is 1.06 bits per heavy atom. The van der Waals surface area contributed by atoms with E-state index in [9.17, 15) is 10.1 Å². The molecule has 1 aliphatic heterocycles. The Morgan fingerprint density at radius 3 is 2.62 bits per heavy atom. The van der Waals surface area contributed by atoms with Crippen LogP contribution in [0.15, 0.2) is 83.9 Å². The standard InChI is InChI=1S/C27H22N2O3/c1-31-21-12-9-18(10-13-21)25-23-14-11-17-5-2-3-8-22(17)26(23)32-27(24(25)16-28)29-19-6-4-7-20(30)15-19/h2-3,5,8-15,25,29H,4,6-7H2,1H3. The van der Waals surface area contributed by atoms with E-state index in [4.69, 9.17) is 9.47 Å². The third-order valence-corrected chi connectivity index (χ3v) is 6.01. The van der Waals surface area contributed by atoms with E-state index in [0.29, 0.717) is 17.9 Å². The highest BCUT2D eigenvalue weighted by Gasteiger charge is 2.33. The molecule has 1 unspecified atom stereocenters. The second kappa shape index (κ2) is 8.24. The summed E-state index contributed by atoms with van der Waals surface area (Å²) in [5, 5.41) is 15.5. The number of carbonyl (C=O) groups is 1. The zero-order chi connectivity index (χ0) is 22.1. The van der Waals surface area contributed by atoms with Crippen LogP contribution in [0.25, 0.3) is 10.8 Å². The number of ketones is 1. The van der Waals surface area contributed by atoms with Gasteiger partial charge in [0.25, 0.3) is 0 Å². The molecule has 5 rings (SSSR count). The number of nitrogens with one attached hydrogen (secondary N) is 1. The van der Waals surface area contributed by atoms with Crippen molar-refractivity contribution in [3.05, 3.63) is 95.0 Å². The van der Waals surface area contributed by atoms with Gasteiger partial charge in [-0.15, -0.1) is 0 Å². The first-order valence-electron chi connectivity index (χ1n) is 10.7. The first kappa shape index (κ1) is 19.9. The maximum Gasteiger partial charge on any atom is 0.212 e. The van der Waals surface area contributed by atoms with Gasteiger partial charge in [0, 0.05) is 29.1 Å². The fraction of sp³-hybridized carbons (Fsp3) is 0.185. The van der Waals surface area contributed by atoms with E-state index in [1.807, 2.05) is 54.6 Å². The van der Waals surface area contributed by atoms with E-state index in [-0.39, 0.29) is 11.7 Å². The molecule has 0 spiro atoms. The Morgan fingerprint density at radius 2 is 1.88 bits per heavy atom. The molecule has 0 radical (unpaired) electrons. The SMILES string of the molecule is COc1ccc(C2C(C#N)=C(NC3=CC(=O)CCC3)Oc3c2ccc2ccccc32)cc1. The van der Waals surface area contributed by atoms with Crippen LogP contribution < -0.4 is 14.8 Å². The van der Waals surface area contributed by atoms with Gasteiger partial charge >= 0.3 is 0 Å². The number of methoxy groups -OCH3 is 1. The Balaban J connectivity index is 1.69. The molecule has 0 saturated carbocycles. The number of nitrogens with zero attached hydrogens (tertiary/aromatic N) is 1. The van der Waals surface area contributed by atoms with Gasteiger partial charge in [-0.2, -0.15) is 5.26 Å². The minimum atomic E-state index is -0.304. The number of nitriles is 1. The van der Waals surface area contributed by atoms with E-state index in [2.05, 4.69) is 17.5 Å². The molecule has 158 valence electrons. The highest BCUT2D eigenvalue weighted by atomic mass is 16.5. The molecule has 32 heavy (non-hydrogen) atoms. The molecule has 0 saturated heterocycles. The van der Waals surface area contributed by atoms with Crippen LogP contribution >= 0.6 is 0 Å². The molecule has 1 heterocycles. The summed E-state index contributed by atoms with van der Waals surface area (Å²) in [6.07, 6.45) is 3.70. The summed E-state index contributed by atoms with van der Waals surface area (Å²) in [6.45, 7) is 0. The third kappa shape index (κ3) is 3.50. The number of carbonyl (C=O) groups excluding carboxylic acids is 1. The smallest absolute Gasteiger partial charge is 0.212 e. The maximum atomic E-state index is 11.9. The molecule has 5 nitrogen and oxygen atoms in total. The van der Waals surface area contributed by atoms with Crippen LogP contribution in [0.1, 0.15) is 36.3 Å². The topological polar surface area (TPSA) is 71.3 Å². The lowest BCUT2D eigenvalue weighted by Crippen LogP contribution is -2.27. The number of allylic oxidation sites excluding steroid dienone is 3. The summed E-state index contributed by atoms with van der Waals surface area (Å²) in [4.78, 5) is 11.9. The van der Waals surface area contributed by atoms with E-state index >= 15 is 0 Å². The summed E-state index contributed by atoms with van der Waals surface area (Å²) in [6, 6.07) is 22.3. The van der Waals surface area contributed by atoms with Gasteiger partial charge in [0.05, 0.1) is 13.0 Å². The maximum absolute atomic E-state index is 11.9. The zero-order valence-corrected chi connectivity index (χ0v) is 17.7. The van der Waals surface area contributed by atoms with Gasteiger partial charge in [-0.25, -0.2) is 0 Å². The van der Waals surface area contributed by atoms with E-state index < -0.39 is 0 Å². The van der Waals surface area contributed by atoms with Crippen molar-refractivity contribution < 1.29 is 14.3 Å². The Hall–Kier alpha value is -4.04.